The minimum absolute atomic E-state index is 0.0321. The molecular formula is C10H14F3N3. The lowest BCUT2D eigenvalue weighted by atomic mass is 9.97. The third kappa shape index (κ3) is 4.04. The van der Waals surface area contributed by atoms with Gasteiger partial charge in [-0.15, -0.1) is 10.2 Å². The largest absolute Gasteiger partial charge is 0.435 e. The molecule has 0 aliphatic rings. The predicted molar refractivity (Wildman–Crippen MR) is 55.0 cm³/mol. The zero-order valence-corrected chi connectivity index (χ0v) is 9.39. The Hall–Kier alpha value is -1.33. The SMILES string of the molecule is CC(C)(C)CNc1ccc(C(F)(F)F)nn1. The van der Waals surface area contributed by atoms with E-state index in [2.05, 4.69) is 15.5 Å². The quantitative estimate of drug-likeness (QED) is 0.853. The molecule has 1 rings (SSSR count). The van der Waals surface area contributed by atoms with Crippen LogP contribution in [0.15, 0.2) is 12.1 Å². The monoisotopic (exact) mass is 233 g/mol. The molecule has 0 atom stereocenters. The summed E-state index contributed by atoms with van der Waals surface area (Å²) >= 11 is 0. The van der Waals surface area contributed by atoms with E-state index in [1.165, 1.54) is 6.07 Å². The lowest BCUT2D eigenvalue weighted by molar-refractivity contribution is -0.141. The Morgan fingerprint density at radius 3 is 2.12 bits per heavy atom. The standard InChI is InChI=1S/C10H14F3N3/c1-9(2,3)6-14-8-5-4-7(15-16-8)10(11,12)13/h4-5H,6H2,1-3H3,(H,14,16). The number of anilines is 1. The molecule has 0 saturated carbocycles. The predicted octanol–water partition coefficient (Wildman–Crippen LogP) is 2.95. The maximum Gasteiger partial charge on any atom is 0.435 e. The fraction of sp³-hybridized carbons (Fsp3) is 0.600. The molecule has 0 aliphatic carbocycles. The molecule has 1 aromatic heterocycles. The number of aromatic nitrogens is 2. The van der Waals surface area contributed by atoms with Crippen LogP contribution in [0.3, 0.4) is 0 Å². The van der Waals surface area contributed by atoms with Crippen LogP contribution in [0.25, 0.3) is 0 Å². The lowest BCUT2D eigenvalue weighted by Gasteiger charge is -2.18. The number of rotatable bonds is 2. The van der Waals surface area contributed by atoms with Crippen molar-refractivity contribution in [2.45, 2.75) is 26.9 Å². The van der Waals surface area contributed by atoms with Crippen molar-refractivity contribution in [3.63, 3.8) is 0 Å². The zero-order chi connectivity index (χ0) is 12.4. The van der Waals surface area contributed by atoms with Gasteiger partial charge in [-0.2, -0.15) is 13.2 Å². The van der Waals surface area contributed by atoms with Gasteiger partial charge in [0.05, 0.1) is 0 Å². The topological polar surface area (TPSA) is 37.8 Å². The molecule has 0 radical (unpaired) electrons. The Balaban J connectivity index is 2.66. The molecule has 0 unspecified atom stereocenters. The third-order valence-corrected chi connectivity index (χ3v) is 1.75. The lowest BCUT2D eigenvalue weighted by Crippen LogP contribution is -2.20. The van der Waals surface area contributed by atoms with E-state index in [-0.39, 0.29) is 5.41 Å². The van der Waals surface area contributed by atoms with Gasteiger partial charge in [0.2, 0.25) is 0 Å². The van der Waals surface area contributed by atoms with E-state index in [1.807, 2.05) is 20.8 Å². The molecule has 0 fully saturated rings. The summed E-state index contributed by atoms with van der Waals surface area (Å²) < 4.78 is 36.5. The van der Waals surface area contributed by atoms with Crippen LogP contribution in [0.4, 0.5) is 19.0 Å². The summed E-state index contributed by atoms with van der Waals surface area (Å²) in [6.07, 6.45) is -4.43. The fourth-order valence-electron chi connectivity index (χ4n) is 0.933. The van der Waals surface area contributed by atoms with E-state index in [0.717, 1.165) is 6.07 Å². The highest BCUT2D eigenvalue weighted by Gasteiger charge is 2.32. The average molecular weight is 233 g/mol. The molecule has 0 saturated heterocycles. The van der Waals surface area contributed by atoms with E-state index in [0.29, 0.717) is 12.4 Å². The smallest absolute Gasteiger partial charge is 0.368 e. The van der Waals surface area contributed by atoms with Crippen LogP contribution in [0, 0.1) is 5.41 Å². The minimum atomic E-state index is -4.43. The summed E-state index contributed by atoms with van der Waals surface area (Å²) in [5.74, 6) is 0.350. The second kappa shape index (κ2) is 4.27. The highest BCUT2D eigenvalue weighted by Crippen LogP contribution is 2.27. The molecule has 1 aromatic rings. The molecule has 1 heterocycles. The number of alkyl halides is 3. The number of hydrogen-bond donors (Lipinski definition) is 1. The van der Waals surface area contributed by atoms with E-state index < -0.39 is 11.9 Å². The van der Waals surface area contributed by atoms with E-state index in [4.69, 9.17) is 0 Å². The summed E-state index contributed by atoms with van der Waals surface area (Å²) in [7, 11) is 0. The molecule has 16 heavy (non-hydrogen) atoms. The van der Waals surface area contributed by atoms with Crippen molar-refractivity contribution in [1.29, 1.82) is 0 Å². The second-order valence-electron chi connectivity index (χ2n) is 4.72. The van der Waals surface area contributed by atoms with E-state index in [9.17, 15) is 13.2 Å². The number of halogens is 3. The first kappa shape index (κ1) is 12.7. The summed E-state index contributed by atoms with van der Waals surface area (Å²) in [5.41, 5.74) is -0.946. The number of nitrogens with one attached hydrogen (secondary N) is 1. The molecule has 0 amide bonds. The van der Waals surface area contributed by atoms with Gasteiger partial charge in [-0.05, 0) is 17.5 Å². The number of nitrogens with zero attached hydrogens (tertiary/aromatic N) is 2. The molecular weight excluding hydrogens is 219 g/mol. The summed E-state index contributed by atoms with van der Waals surface area (Å²) in [4.78, 5) is 0. The Labute approximate surface area is 92.1 Å². The van der Waals surface area contributed by atoms with Crippen LogP contribution in [0.2, 0.25) is 0 Å². The van der Waals surface area contributed by atoms with Crippen LogP contribution in [-0.4, -0.2) is 16.7 Å². The molecule has 0 spiro atoms. The highest BCUT2D eigenvalue weighted by molar-refractivity contribution is 5.33. The van der Waals surface area contributed by atoms with Crippen LogP contribution in [-0.2, 0) is 6.18 Å². The van der Waals surface area contributed by atoms with Gasteiger partial charge < -0.3 is 5.32 Å². The Kier molecular flexibility index (Phi) is 3.40. The Morgan fingerprint density at radius 1 is 1.12 bits per heavy atom. The summed E-state index contributed by atoms with van der Waals surface area (Å²) in [6, 6.07) is 2.19. The number of hydrogen-bond acceptors (Lipinski definition) is 3. The first-order chi connectivity index (χ1) is 7.18. The van der Waals surface area contributed by atoms with Crippen LogP contribution in [0.5, 0.6) is 0 Å². The minimum Gasteiger partial charge on any atom is -0.368 e. The van der Waals surface area contributed by atoms with Gasteiger partial charge in [0.1, 0.15) is 5.82 Å². The van der Waals surface area contributed by atoms with Crippen LogP contribution >= 0.6 is 0 Å². The first-order valence-corrected chi connectivity index (χ1v) is 4.83. The van der Waals surface area contributed by atoms with Crippen molar-refractivity contribution in [1.82, 2.24) is 10.2 Å². The zero-order valence-electron chi connectivity index (χ0n) is 9.39. The molecule has 0 bridgehead atoms. The van der Waals surface area contributed by atoms with Crippen molar-refractivity contribution < 1.29 is 13.2 Å². The summed E-state index contributed by atoms with van der Waals surface area (Å²) in [5, 5.41) is 9.50. The van der Waals surface area contributed by atoms with Crippen molar-refractivity contribution in [3.8, 4) is 0 Å². The maximum atomic E-state index is 12.2. The van der Waals surface area contributed by atoms with Crippen molar-refractivity contribution in [3.05, 3.63) is 17.8 Å². The van der Waals surface area contributed by atoms with Crippen molar-refractivity contribution in [2.75, 3.05) is 11.9 Å². The van der Waals surface area contributed by atoms with Gasteiger partial charge in [-0.25, -0.2) is 0 Å². The van der Waals surface area contributed by atoms with E-state index in [1.54, 1.807) is 0 Å². The van der Waals surface area contributed by atoms with Gasteiger partial charge in [0, 0.05) is 6.54 Å². The van der Waals surface area contributed by atoms with Crippen molar-refractivity contribution >= 4 is 5.82 Å². The van der Waals surface area contributed by atoms with Crippen LogP contribution < -0.4 is 5.32 Å². The first-order valence-electron chi connectivity index (χ1n) is 4.83. The third-order valence-electron chi connectivity index (χ3n) is 1.75. The molecule has 90 valence electrons. The van der Waals surface area contributed by atoms with E-state index >= 15 is 0 Å². The van der Waals surface area contributed by atoms with Gasteiger partial charge in [0.15, 0.2) is 5.69 Å². The van der Waals surface area contributed by atoms with Gasteiger partial charge in [-0.3, -0.25) is 0 Å². The highest BCUT2D eigenvalue weighted by atomic mass is 19.4. The van der Waals surface area contributed by atoms with Crippen LogP contribution in [0.1, 0.15) is 26.5 Å². The molecule has 6 heteroatoms. The maximum absolute atomic E-state index is 12.2. The second-order valence-corrected chi connectivity index (χ2v) is 4.72. The fourth-order valence-corrected chi connectivity index (χ4v) is 0.933. The molecule has 0 aliphatic heterocycles. The average Bonchev–Trinajstić information content (AvgIpc) is 2.13. The molecule has 0 aromatic carbocycles. The Morgan fingerprint density at radius 2 is 1.75 bits per heavy atom. The normalized spacial score (nSPS) is 12.6. The summed E-state index contributed by atoms with van der Waals surface area (Å²) in [6.45, 7) is 6.65. The molecule has 1 N–H and O–H groups in total. The van der Waals surface area contributed by atoms with Gasteiger partial charge >= 0.3 is 6.18 Å². The van der Waals surface area contributed by atoms with Gasteiger partial charge in [0.25, 0.3) is 0 Å². The Bertz CT molecular complexity index is 338. The van der Waals surface area contributed by atoms with Gasteiger partial charge in [-0.1, -0.05) is 20.8 Å². The van der Waals surface area contributed by atoms with Crippen molar-refractivity contribution in [2.24, 2.45) is 5.41 Å². The molecule has 3 nitrogen and oxygen atoms in total.